The Kier molecular flexibility index (Phi) is 6.73. The van der Waals surface area contributed by atoms with E-state index in [4.69, 9.17) is 4.74 Å². The van der Waals surface area contributed by atoms with E-state index in [9.17, 15) is 27.2 Å². The first-order valence-electron chi connectivity index (χ1n) is 9.21. The molecule has 0 aliphatic carbocycles. The Labute approximate surface area is 174 Å². The van der Waals surface area contributed by atoms with E-state index in [0.29, 0.717) is 10.1 Å². The third kappa shape index (κ3) is 4.93. The highest BCUT2D eigenvalue weighted by molar-refractivity contribution is 5.94. The molecule has 2 amide bonds. The number of carbonyl (C=O) groups is 2. The summed E-state index contributed by atoms with van der Waals surface area (Å²) in [6.07, 6.45) is -2.03. The highest BCUT2D eigenvalue weighted by Crippen LogP contribution is 2.28. The molecule has 3 aromatic rings. The molecule has 164 valence electrons. The number of rotatable bonds is 7. The first kappa shape index (κ1) is 22.1. The van der Waals surface area contributed by atoms with Crippen molar-refractivity contribution in [2.45, 2.75) is 19.6 Å². The number of nitrogens with zero attached hydrogens (tertiary/aromatic N) is 2. The van der Waals surface area contributed by atoms with Gasteiger partial charge in [0.05, 0.1) is 11.0 Å². The van der Waals surface area contributed by atoms with Crippen molar-refractivity contribution in [2.24, 2.45) is 0 Å². The zero-order valence-electron chi connectivity index (χ0n) is 16.2. The molecule has 1 unspecified atom stereocenters. The summed E-state index contributed by atoms with van der Waals surface area (Å²) in [5.74, 6) is -3.14. The van der Waals surface area contributed by atoms with Crippen LogP contribution in [0.2, 0.25) is 0 Å². The molecule has 0 aliphatic rings. The summed E-state index contributed by atoms with van der Waals surface area (Å²) < 4.78 is 59.8. The van der Waals surface area contributed by atoms with E-state index >= 15 is 0 Å². The van der Waals surface area contributed by atoms with Crippen LogP contribution in [0.15, 0.2) is 42.5 Å². The van der Waals surface area contributed by atoms with Crippen molar-refractivity contribution >= 4 is 23.0 Å². The summed E-state index contributed by atoms with van der Waals surface area (Å²) in [6, 6.07) is 9.30. The Hall–Kier alpha value is -3.63. The molecule has 0 spiro atoms. The number of benzene rings is 2. The zero-order valence-corrected chi connectivity index (χ0v) is 16.2. The second-order valence-corrected chi connectivity index (χ2v) is 6.43. The lowest BCUT2D eigenvalue weighted by Gasteiger charge is -2.15. The molecular formula is C20H18F4N4O3. The summed E-state index contributed by atoms with van der Waals surface area (Å²) in [4.78, 5) is 27.9. The SMILES string of the molecule is CC(OC(=O)NCCNC(=O)c1c(F)cccc1F)c1nc2ccccc2n1C(F)F. The van der Waals surface area contributed by atoms with E-state index in [1.54, 1.807) is 18.2 Å². The third-order valence-electron chi connectivity index (χ3n) is 4.34. The second-order valence-electron chi connectivity index (χ2n) is 6.43. The number of aromatic nitrogens is 2. The minimum Gasteiger partial charge on any atom is -0.438 e. The van der Waals surface area contributed by atoms with Gasteiger partial charge in [-0.15, -0.1) is 0 Å². The van der Waals surface area contributed by atoms with E-state index in [1.165, 1.54) is 13.0 Å². The van der Waals surface area contributed by atoms with Crippen LogP contribution >= 0.6 is 0 Å². The number of alkyl carbamates (subject to hydrolysis) is 1. The van der Waals surface area contributed by atoms with Gasteiger partial charge in [0.2, 0.25) is 0 Å². The average Bonchev–Trinajstić information content (AvgIpc) is 3.11. The number of amides is 2. The van der Waals surface area contributed by atoms with Crippen molar-refractivity contribution in [3.05, 3.63) is 65.5 Å². The van der Waals surface area contributed by atoms with Crippen molar-refractivity contribution in [2.75, 3.05) is 13.1 Å². The standard InChI is InChI=1S/C20H18F4N4O3/c1-11(17-27-14-7-2-3-8-15(14)28(17)19(23)24)31-20(30)26-10-9-25-18(29)16-12(21)5-4-6-13(16)22/h2-8,11,19H,9-10H2,1H3,(H,25,29)(H,26,30). The van der Waals surface area contributed by atoms with E-state index in [-0.39, 0.29) is 24.4 Å². The van der Waals surface area contributed by atoms with Crippen LogP contribution in [0.25, 0.3) is 11.0 Å². The Morgan fingerprint density at radius 1 is 1.03 bits per heavy atom. The second kappa shape index (κ2) is 9.45. The maximum absolute atomic E-state index is 13.6. The molecule has 0 fully saturated rings. The summed E-state index contributed by atoms with van der Waals surface area (Å²) in [6.45, 7) is -1.77. The van der Waals surface area contributed by atoms with Crippen molar-refractivity contribution in [3.8, 4) is 0 Å². The molecule has 0 bridgehead atoms. The highest BCUT2D eigenvalue weighted by Gasteiger charge is 2.24. The number of hydrogen-bond donors (Lipinski definition) is 2. The van der Waals surface area contributed by atoms with Crippen molar-refractivity contribution in [1.82, 2.24) is 20.2 Å². The molecular weight excluding hydrogens is 420 g/mol. The Bertz CT molecular complexity index is 1080. The molecule has 0 saturated heterocycles. The van der Waals surface area contributed by atoms with Gasteiger partial charge in [0, 0.05) is 13.1 Å². The number of carbonyl (C=O) groups excluding carboxylic acids is 2. The molecule has 1 atom stereocenters. The summed E-state index contributed by atoms with van der Waals surface area (Å²) in [7, 11) is 0. The topological polar surface area (TPSA) is 85.2 Å². The van der Waals surface area contributed by atoms with Gasteiger partial charge in [-0.3, -0.25) is 9.36 Å². The highest BCUT2D eigenvalue weighted by atomic mass is 19.3. The number of hydrogen-bond acceptors (Lipinski definition) is 4. The number of nitrogens with one attached hydrogen (secondary N) is 2. The quantitative estimate of drug-likeness (QED) is 0.433. The van der Waals surface area contributed by atoms with Gasteiger partial charge in [-0.1, -0.05) is 18.2 Å². The van der Waals surface area contributed by atoms with Crippen molar-refractivity contribution in [1.29, 1.82) is 0 Å². The van der Waals surface area contributed by atoms with Crippen LogP contribution in [0.5, 0.6) is 0 Å². The summed E-state index contributed by atoms with van der Waals surface area (Å²) in [5, 5.41) is 4.57. The first-order valence-corrected chi connectivity index (χ1v) is 9.21. The van der Waals surface area contributed by atoms with Gasteiger partial charge in [-0.25, -0.2) is 18.6 Å². The van der Waals surface area contributed by atoms with Crippen LogP contribution in [-0.2, 0) is 4.74 Å². The molecule has 11 heteroatoms. The minimum atomic E-state index is -2.88. The summed E-state index contributed by atoms with van der Waals surface area (Å²) in [5.41, 5.74) is -0.201. The Morgan fingerprint density at radius 3 is 2.35 bits per heavy atom. The fourth-order valence-corrected chi connectivity index (χ4v) is 2.95. The molecule has 1 aromatic heterocycles. The van der Waals surface area contributed by atoms with Gasteiger partial charge >= 0.3 is 12.6 Å². The van der Waals surface area contributed by atoms with Crippen LogP contribution in [-0.4, -0.2) is 34.6 Å². The lowest BCUT2D eigenvalue weighted by Crippen LogP contribution is -2.36. The Morgan fingerprint density at radius 2 is 1.68 bits per heavy atom. The molecule has 31 heavy (non-hydrogen) atoms. The number of fused-ring (bicyclic) bond motifs is 1. The van der Waals surface area contributed by atoms with E-state index < -0.39 is 41.9 Å². The maximum atomic E-state index is 13.6. The van der Waals surface area contributed by atoms with Crippen LogP contribution in [0, 0.1) is 11.6 Å². The Balaban J connectivity index is 1.54. The molecule has 0 aliphatic heterocycles. The predicted molar refractivity (Wildman–Crippen MR) is 103 cm³/mol. The van der Waals surface area contributed by atoms with Crippen LogP contribution in [0.3, 0.4) is 0 Å². The number of imidazole rings is 1. The normalized spacial score (nSPS) is 12.1. The van der Waals surface area contributed by atoms with E-state index in [2.05, 4.69) is 15.6 Å². The van der Waals surface area contributed by atoms with Gasteiger partial charge in [-0.05, 0) is 31.2 Å². The fourth-order valence-electron chi connectivity index (χ4n) is 2.95. The van der Waals surface area contributed by atoms with Crippen LogP contribution < -0.4 is 10.6 Å². The number of ether oxygens (including phenoxy) is 1. The summed E-state index contributed by atoms with van der Waals surface area (Å²) >= 11 is 0. The van der Waals surface area contributed by atoms with Crippen LogP contribution in [0.4, 0.5) is 22.4 Å². The number of alkyl halides is 2. The predicted octanol–water partition coefficient (Wildman–Crippen LogP) is 3.93. The molecule has 2 aromatic carbocycles. The van der Waals surface area contributed by atoms with Crippen molar-refractivity contribution in [3.63, 3.8) is 0 Å². The zero-order chi connectivity index (χ0) is 22.5. The van der Waals surface area contributed by atoms with Gasteiger partial charge in [0.15, 0.2) is 11.9 Å². The van der Waals surface area contributed by atoms with Crippen LogP contribution in [0.1, 0.15) is 35.8 Å². The smallest absolute Gasteiger partial charge is 0.407 e. The minimum absolute atomic E-state index is 0.126. The van der Waals surface area contributed by atoms with Crippen molar-refractivity contribution < 1.29 is 31.9 Å². The molecule has 7 nitrogen and oxygen atoms in total. The lowest BCUT2D eigenvalue weighted by atomic mass is 10.2. The molecule has 2 N–H and O–H groups in total. The first-order chi connectivity index (χ1) is 14.8. The maximum Gasteiger partial charge on any atom is 0.407 e. The molecule has 3 rings (SSSR count). The van der Waals surface area contributed by atoms with E-state index in [1.807, 2.05) is 0 Å². The molecule has 0 saturated carbocycles. The lowest BCUT2D eigenvalue weighted by molar-refractivity contribution is 0.0534. The fraction of sp³-hybridized carbons (Fsp3) is 0.250. The largest absolute Gasteiger partial charge is 0.438 e. The average molecular weight is 438 g/mol. The van der Waals surface area contributed by atoms with Gasteiger partial charge in [-0.2, -0.15) is 8.78 Å². The molecule has 1 heterocycles. The molecule has 0 radical (unpaired) electrons. The van der Waals surface area contributed by atoms with Gasteiger partial charge < -0.3 is 15.4 Å². The monoisotopic (exact) mass is 438 g/mol. The number of halogens is 4. The van der Waals surface area contributed by atoms with Gasteiger partial charge in [0.25, 0.3) is 5.91 Å². The third-order valence-corrected chi connectivity index (χ3v) is 4.34. The van der Waals surface area contributed by atoms with Gasteiger partial charge in [0.1, 0.15) is 17.2 Å². The number of para-hydroxylation sites is 2. The van der Waals surface area contributed by atoms with E-state index in [0.717, 1.165) is 18.2 Å².